The molecule has 1 saturated heterocycles. The number of halogens is 1. The van der Waals surface area contributed by atoms with Crippen LogP contribution in [0.1, 0.15) is 66.1 Å². The van der Waals surface area contributed by atoms with Crippen LogP contribution in [0.5, 0.6) is 0 Å². The second-order valence-electron chi connectivity index (χ2n) is 10.5. The number of carbonyl (C=O) groups is 1. The summed E-state index contributed by atoms with van der Waals surface area (Å²) in [6, 6.07) is 11.8. The highest BCUT2D eigenvalue weighted by Crippen LogP contribution is 2.37. The Morgan fingerprint density at radius 2 is 1.86 bits per heavy atom. The van der Waals surface area contributed by atoms with Crippen LogP contribution in [0, 0.1) is 5.92 Å². The highest BCUT2D eigenvalue weighted by Gasteiger charge is 2.27. The van der Waals surface area contributed by atoms with Crippen molar-refractivity contribution in [1.29, 1.82) is 0 Å². The van der Waals surface area contributed by atoms with Gasteiger partial charge in [0.1, 0.15) is 0 Å². The number of H-pyrrole nitrogens is 2. The molecule has 0 radical (unpaired) electrons. The number of morpholine rings is 1. The standard InChI is InChI=1S/C29H32ClN3O4/c30-22-14-20-16-25(31-26(20)21(15-22)17-33-10-12-36-13-11-33)27(34)19-5-2-1-4-18(8-9-19)23-6-3-7-24-28(23)37-29(35)32-24/h3,6-7,14-16,18-19,31H,1-2,4-5,8-13,17H2,(H,32,35). The van der Waals surface area contributed by atoms with E-state index in [1.54, 1.807) is 0 Å². The zero-order valence-electron chi connectivity index (χ0n) is 20.9. The number of hydrogen-bond acceptors (Lipinski definition) is 5. The number of benzene rings is 2. The topological polar surface area (TPSA) is 91.3 Å². The fraction of sp³-hybridized carbons (Fsp3) is 0.448. The summed E-state index contributed by atoms with van der Waals surface area (Å²) < 4.78 is 11.0. The Kier molecular flexibility index (Phi) is 6.93. The first-order chi connectivity index (χ1) is 18.0. The third kappa shape index (κ3) is 5.13. The first-order valence-electron chi connectivity index (χ1n) is 13.3. The minimum atomic E-state index is -0.423. The number of carbonyl (C=O) groups excluding carboxylic acids is 1. The predicted molar refractivity (Wildman–Crippen MR) is 145 cm³/mol. The second-order valence-corrected chi connectivity index (χ2v) is 10.9. The van der Waals surface area contributed by atoms with Crippen LogP contribution < -0.4 is 5.76 Å². The number of aromatic amines is 2. The molecule has 2 aliphatic rings. The average Bonchev–Trinajstić information content (AvgIpc) is 3.47. The van der Waals surface area contributed by atoms with Gasteiger partial charge in [0.25, 0.3) is 0 Å². The van der Waals surface area contributed by atoms with Crippen molar-refractivity contribution in [3.8, 4) is 0 Å². The van der Waals surface area contributed by atoms with E-state index in [1.165, 1.54) is 0 Å². The Bertz CT molecular complexity index is 1480. The highest BCUT2D eigenvalue weighted by molar-refractivity contribution is 6.31. The predicted octanol–water partition coefficient (Wildman–Crippen LogP) is 6.02. The van der Waals surface area contributed by atoms with E-state index in [-0.39, 0.29) is 17.6 Å². The average molecular weight is 522 g/mol. The van der Waals surface area contributed by atoms with Gasteiger partial charge < -0.3 is 14.1 Å². The molecule has 0 bridgehead atoms. The van der Waals surface area contributed by atoms with Gasteiger partial charge in [0.15, 0.2) is 11.4 Å². The number of aromatic nitrogens is 2. The number of nitrogens with zero attached hydrogens (tertiary/aromatic N) is 1. The van der Waals surface area contributed by atoms with Gasteiger partial charge in [-0.2, -0.15) is 0 Å². The van der Waals surface area contributed by atoms with E-state index in [9.17, 15) is 9.59 Å². The van der Waals surface area contributed by atoms with Crippen molar-refractivity contribution in [2.24, 2.45) is 5.92 Å². The van der Waals surface area contributed by atoms with Crippen molar-refractivity contribution in [3.63, 3.8) is 0 Å². The number of nitrogens with one attached hydrogen (secondary N) is 2. The largest absolute Gasteiger partial charge is 0.417 e. The van der Waals surface area contributed by atoms with Crippen LogP contribution in [0.25, 0.3) is 22.0 Å². The molecule has 1 aliphatic heterocycles. The summed E-state index contributed by atoms with van der Waals surface area (Å²) in [5.41, 5.74) is 5.24. The van der Waals surface area contributed by atoms with Crippen LogP contribution in [-0.4, -0.2) is 47.0 Å². The van der Waals surface area contributed by atoms with Gasteiger partial charge in [-0.15, -0.1) is 0 Å². The van der Waals surface area contributed by atoms with Gasteiger partial charge in [0, 0.05) is 41.5 Å². The summed E-state index contributed by atoms with van der Waals surface area (Å²) in [6.07, 6.45) is 5.68. The van der Waals surface area contributed by atoms with Crippen LogP contribution in [0.2, 0.25) is 5.02 Å². The molecule has 1 aliphatic carbocycles. The van der Waals surface area contributed by atoms with Crippen molar-refractivity contribution in [1.82, 2.24) is 14.9 Å². The van der Waals surface area contributed by atoms with E-state index in [0.29, 0.717) is 16.3 Å². The Balaban J connectivity index is 1.22. The third-order valence-corrected chi connectivity index (χ3v) is 8.26. The lowest BCUT2D eigenvalue weighted by atomic mass is 9.80. The van der Waals surface area contributed by atoms with Crippen LogP contribution in [0.15, 0.2) is 45.6 Å². The van der Waals surface area contributed by atoms with E-state index < -0.39 is 5.76 Å². The Morgan fingerprint density at radius 1 is 1.03 bits per heavy atom. The lowest BCUT2D eigenvalue weighted by molar-refractivity contribution is 0.0343. The molecule has 2 N–H and O–H groups in total. The first kappa shape index (κ1) is 24.5. The number of fused-ring (bicyclic) bond motifs is 2. The minimum Gasteiger partial charge on any atom is -0.408 e. The Morgan fingerprint density at radius 3 is 2.73 bits per heavy atom. The van der Waals surface area contributed by atoms with E-state index in [4.69, 9.17) is 20.8 Å². The molecule has 2 unspecified atom stereocenters. The summed E-state index contributed by atoms with van der Waals surface area (Å²) >= 11 is 6.46. The SMILES string of the molecule is O=C(c1cc2cc(Cl)cc(CN3CCOCC3)c2[nH]1)C1CCCCC(c2cccc3[nH]c(=O)oc23)CC1. The van der Waals surface area contributed by atoms with Crippen LogP contribution in [0.4, 0.5) is 0 Å². The van der Waals surface area contributed by atoms with E-state index >= 15 is 0 Å². The molecule has 0 amide bonds. The van der Waals surface area contributed by atoms with Crippen molar-refractivity contribution in [2.75, 3.05) is 26.3 Å². The lowest BCUT2D eigenvalue weighted by Crippen LogP contribution is -2.35. The summed E-state index contributed by atoms with van der Waals surface area (Å²) in [5.74, 6) is -0.0173. The summed E-state index contributed by atoms with van der Waals surface area (Å²) in [5, 5.41) is 1.67. The number of hydrogen-bond donors (Lipinski definition) is 2. The minimum absolute atomic E-state index is 0.0357. The molecule has 2 aromatic heterocycles. The molecule has 2 atom stereocenters. The summed E-state index contributed by atoms with van der Waals surface area (Å²) in [4.78, 5) is 34.1. The number of ether oxygens (including phenoxy) is 1. The maximum atomic E-state index is 13.7. The van der Waals surface area contributed by atoms with Gasteiger partial charge in [-0.3, -0.25) is 14.7 Å². The zero-order valence-corrected chi connectivity index (χ0v) is 21.6. The highest BCUT2D eigenvalue weighted by atomic mass is 35.5. The number of rotatable bonds is 5. The molecule has 8 heteroatoms. The fourth-order valence-electron chi connectivity index (χ4n) is 6.12. The molecule has 6 rings (SSSR count). The van der Waals surface area contributed by atoms with E-state index in [0.717, 1.165) is 98.9 Å². The number of para-hydroxylation sites is 1. The molecule has 3 heterocycles. The molecule has 2 aromatic carbocycles. The molecule has 2 fully saturated rings. The quantitative estimate of drug-likeness (QED) is 0.313. The van der Waals surface area contributed by atoms with Gasteiger partial charge in [0.2, 0.25) is 0 Å². The van der Waals surface area contributed by atoms with Crippen LogP contribution >= 0.6 is 11.6 Å². The molecule has 0 spiro atoms. The monoisotopic (exact) mass is 521 g/mol. The molecule has 37 heavy (non-hydrogen) atoms. The van der Waals surface area contributed by atoms with Crippen molar-refractivity contribution in [3.05, 3.63) is 68.8 Å². The maximum Gasteiger partial charge on any atom is 0.417 e. The number of oxazole rings is 1. The van der Waals surface area contributed by atoms with E-state index in [1.807, 2.05) is 30.3 Å². The number of Topliss-reactive ketones (excluding diaryl/α,β-unsaturated/α-hetero) is 1. The molecule has 194 valence electrons. The van der Waals surface area contributed by atoms with Crippen LogP contribution in [-0.2, 0) is 11.3 Å². The summed E-state index contributed by atoms with van der Waals surface area (Å²) in [7, 11) is 0. The fourth-order valence-corrected chi connectivity index (χ4v) is 6.37. The van der Waals surface area contributed by atoms with Crippen molar-refractivity contribution >= 4 is 39.4 Å². The zero-order chi connectivity index (χ0) is 25.4. The summed E-state index contributed by atoms with van der Waals surface area (Å²) in [6.45, 7) is 4.05. The van der Waals surface area contributed by atoms with E-state index in [2.05, 4.69) is 20.9 Å². The second kappa shape index (κ2) is 10.5. The number of ketones is 1. The first-order valence-corrected chi connectivity index (χ1v) is 13.7. The Hall–Kier alpha value is -2.87. The molecule has 4 aromatic rings. The third-order valence-electron chi connectivity index (χ3n) is 8.04. The molecule has 1 saturated carbocycles. The van der Waals surface area contributed by atoms with Gasteiger partial charge in [0.05, 0.1) is 29.9 Å². The van der Waals surface area contributed by atoms with Gasteiger partial charge in [-0.1, -0.05) is 36.6 Å². The van der Waals surface area contributed by atoms with Crippen molar-refractivity contribution < 1.29 is 13.9 Å². The maximum absolute atomic E-state index is 13.7. The molecular formula is C29H32ClN3O4. The van der Waals surface area contributed by atoms with Crippen molar-refractivity contribution in [2.45, 2.75) is 51.0 Å². The van der Waals surface area contributed by atoms with Gasteiger partial charge in [-0.05, 0) is 61.4 Å². The molecular weight excluding hydrogens is 490 g/mol. The normalized spacial score (nSPS) is 21.8. The van der Waals surface area contributed by atoms with Gasteiger partial charge in [-0.25, -0.2) is 4.79 Å². The lowest BCUT2D eigenvalue weighted by Gasteiger charge is -2.26. The smallest absolute Gasteiger partial charge is 0.408 e. The Labute approximate surface area is 220 Å². The molecule has 7 nitrogen and oxygen atoms in total. The van der Waals surface area contributed by atoms with Gasteiger partial charge >= 0.3 is 5.76 Å². The van der Waals surface area contributed by atoms with Crippen LogP contribution in [0.3, 0.4) is 0 Å².